The first-order chi connectivity index (χ1) is 8.49. The van der Waals surface area contributed by atoms with E-state index < -0.39 is 0 Å². The molecule has 2 rings (SSSR count). The number of aromatic hydroxyl groups is 1. The number of hydrogen-bond acceptors (Lipinski definition) is 4. The lowest BCUT2D eigenvalue weighted by atomic mass is 10.2. The molecule has 0 aliphatic carbocycles. The van der Waals surface area contributed by atoms with Crippen LogP contribution in [-0.4, -0.2) is 46.2 Å². The lowest BCUT2D eigenvalue weighted by molar-refractivity contribution is -0.0588. The van der Waals surface area contributed by atoms with Gasteiger partial charge in [-0.15, -0.1) is 0 Å². The predicted octanol–water partition coefficient (Wildman–Crippen LogP) is 1.69. The van der Waals surface area contributed by atoms with Crippen LogP contribution in [0.5, 0.6) is 5.75 Å². The van der Waals surface area contributed by atoms with Crippen molar-refractivity contribution in [2.24, 2.45) is 0 Å². The van der Waals surface area contributed by atoms with Crippen molar-refractivity contribution in [2.75, 3.05) is 13.1 Å². The van der Waals surface area contributed by atoms with Crippen LogP contribution in [0.3, 0.4) is 0 Å². The van der Waals surface area contributed by atoms with E-state index >= 15 is 0 Å². The van der Waals surface area contributed by atoms with E-state index in [1.165, 1.54) is 12.3 Å². The largest absolute Gasteiger partial charge is 0.504 e. The Balaban J connectivity index is 2.23. The smallest absolute Gasteiger partial charge is 0.276 e. The highest BCUT2D eigenvalue weighted by Crippen LogP contribution is 2.26. The molecule has 1 aromatic heterocycles. The molecule has 18 heavy (non-hydrogen) atoms. The molecular weight excluding hydrogens is 256 g/mol. The van der Waals surface area contributed by atoms with Gasteiger partial charge in [0.05, 0.1) is 17.2 Å². The first kappa shape index (κ1) is 13.1. The van der Waals surface area contributed by atoms with Gasteiger partial charge in [0.1, 0.15) is 0 Å². The molecule has 0 spiro atoms. The van der Waals surface area contributed by atoms with Gasteiger partial charge in [0.2, 0.25) is 0 Å². The molecular formula is C12H15ClN2O3. The maximum atomic E-state index is 12.3. The van der Waals surface area contributed by atoms with Crippen LogP contribution in [0, 0.1) is 0 Å². The molecule has 1 amide bonds. The van der Waals surface area contributed by atoms with Crippen molar-refractivity contribution in [3.63, 3.8) is 0 Å². The van der Waals surface area contributed by atoms with Gasteiger partial charge in [-0.3, -0.25) is 4.79 Å². The molecule has 6 heteroatoms. The maximum Gasteiger partial charge on any atom is 0.276 e. The molecule has 0 unspecified atom stereocenters. The van der Waals surface area contributed by atoms with Crippen LogP contribution in [0.15, 0.2) is 12.3 Å². The van der Waals surface area contributed by atoms with Gasteiger partial charge in [-0.25, -0.2) is 4.98 Å². The van der Waals surface area contributed by atoms with Gasteiger partial charge < -0.3 is 14.7 Å². The molecule has 0 radical (unpaired) electrons. The fraction of sp³-hybridized carbons (Fsp3) is 0.500. The Bertz CT molecular complexity index is 457. The van der Waals surface area contributed by atoms with Gasteiger partial charge in [-0.2, -0.15) is 0 Å². The second-order valence-corrected chi connectivity index (χ2v) is 4.86. The maximum absolute atomic E-state index is 12.3. The third-order valence-electron chi connectivity index (χ3n) is 2.78. The molecule has 0 aromatic carbocycles. The summed E-state index contributed by atoms with van der Waals surface area (Å²) in [7, 11) is 0. The van der Waals surface area contributed by atoms with Gasteiger partial charge >= 0.3 is 0 Å². The van der Waals surface area contributed by atoms with E-state index in [4.69, 9.17) is 16.3 Å². The lowest BCUT2D eigenvalue weighted by Crippen LogP contribution is -2.48. The Morgan fingerprint density at radius 3 is 2.72 bits per heavy atom. The number of pyridine rings is 1. The highest BCUT2D eigenvalue weighted by Gasteiger charge is 2.29. The zero-order chi connectivity index (χ0) is 13.3. The Morgan fingerprint density at radius 1 is 1.50 bits per heavy atom. The summed E-state index contributed by atoms with van der Waals surface area (Å²) in [6, 6.07) is 1.44. The minimum Gasteiger partial charge on any atom is -0.504 e. The van der Waals surface area contributed by atoms with E-state index in [2.05, 4.69) is 4.98 Å². The molecule has 5 nitrogen and oxygen atoms in total. The Labute approximate surface area is 110 Å². The van der Waals surface area contributed by atoms with Crippen molar-refractivity contribution in [1.82, 2.24) is 9.88 Å². The van der Waals surface area contributed by atoms with Crippen LogP contribution in [0.25, 0.3) is 0 Å². The Kier molecular flexibility index (Phi) is 3.73. The first-order valence-corrected chi connectivity index (χ1v) is 6.15. The van der Waals surface area contributed by atoms with Crippen LogP contribution < -0.4 is 0 Å². The molecule has 1 fully saturated rings. The summed E-state index contributed by atoms with van der Waals surface area (Å²) in [5.74, 6) is -0.590. The van der Waals surface area contributed by atoms with Crippen LogP contribution in [0.2, 0.25) is 5.02 Å². The van der Waals surface area contributed by atoms with Crippen LogP contribution in [0.1, 0.15) is 24.3 Å². The summed E-state index contributed by atoms with van der Waals surface area (Å²) >= 11 is 5.77. The van der Waals surface area contributed by atoms with Gasteiger partial charge in [-0.1, -0.05) is 11.6 Å². The zero-order valence-corrected chi connectivity index (χ0v) is 11.0. The SMILES string of the molecule is C[C@@H]1CN(C(=O)c2nccc(Cl)c2O)C[C@H](C)O1. The van der Waals surface area contributed by atoms with Crippen molar-refractivity contribution >= 4 is 17.5 Å². The fourth-order valence-electron chi connectivity index (χ4n) is 2.08. The summed E-state index contributed by atoms with van der Waals surface area (Å²) in [6.45, 7) is 4.77. The number of carbonyl (C=O) groups excluding carboxylic acids is 1. The third kappa shape index (κ3) is 2.57. The average molecular weight is 271 g/mol. The van der Waals surface area contributed by atoms with Crippen molar-refractivity contribution < 1.29 is 14.6 Å². The van der Waals surface area contributed by atoms with Crippen LogP contribution in [0.4, 0.5) is 0 Å². The van der Waals surface area contributed by atoms with E-state index in [9.17, 15) is 9.90 Å². The minimum atomic E-state index is -0.322. The summed E-state index contributed by atoms with van der Waals surface area (Å²) in [5.41, 5.74) is -0.0104. The van der Waals surface area contributed by atoms with Gasteiger partial charge in [0, 0.05) is 19.3 Å². The van der Waals surface area contributed by atoms with Crippen molar-refractivity contribution in [1.29, 1.82) is 0 Å². The molecule has 1 aliphatic heterocycles. The number of carbonyl (C=O) groups is 1. The standard InChI is InChI=1S/C12H15ClN2O3/c1-7-5-15(6-8(2)18-7)12(17)10-11(16)9(13)3-4-14-10/h3-4,7-8,16H,5-6H2,1-2H3/t7-,8+. The van der Waals surface area contributed by atoms with E-state index in [0.29, 0.717) is 13.1 Å². The summed E-state index contributed by atoms with van der Waals surface area (Å²) < 4.78 is 5.55. The van der Waals surface area contributed by atoms with Gasteiger partial charge in [-0.05, 0) is 19.9 Å². The lowest BCUT2D eigenvalue weighted by Gasteiger charge is -2.35. The second-order valence-electron chi connectivity index (χ2n) is 4.46. The predicted molar refractivity (Wildman–Crippen MR) is 66.8 cm³/mol. The van der Waals surface area contributed by atoms with Crippen molar-refractivity contribution in [2.45, 2.75) is 26.1 Å². The zero-order valence-electron chi connectivity index (χ0n) is 10.3. The van der Waals surface area contributed by atoms with Gasteiger partial charge in [0.15, 0.2) is 11.4 Å². The summed E-state index contributed by atoms with van der Waals surface area (Å²) in [4.78, 5) is 17.8. The quantitative estimate of drug-likeness (QED) is 0.844. The highest BCUT2D eigenvalue weighted by atomic mass is 35.5. The van der Waals surface area contributed by atoms with E-state index in [1.54, 1.807) is 4.90 Å². The highest BCUT2D eigenvalue weighted by molar-refractivity contribution is 6.32. The summed E-state index contributed by atoms with van der Waals surface area (Å²) in [6.07, 6.45) is 1.35. The molecule has 1 aromatic rings. The topological polar surface area (TPSA) is 62.7 Å². The van der Waals surface area contributed by atoms with Gasteiger partial charge in [0.25, 0.3) is 5.91 Å². The van der Waals surface area contributed by atoms with E-state index in [1.807, 2.05) is 13.8 Å². The molecule has 1 aliphatic rings. The number of rotatable bonds is 1. The van der Waals surface area contributed by atoms with E-state index in [0.717, 1.165) is 0 Å². The van der Waals surface area contributed by atoms with E-state index in [-0.39, 0.29) is 34.6 Å². The Hall–Kier alpha value is -1.33. The first-order valence-electron chi connectivity index (χ1n) is 5.77. The number of hydrogen-bond donors (Lipinski definition) is 1. The molecule has 1 N–H and O–H groups in total. The van der Waals surface area contributed by atoms with Crippen molar-refractivity contribution in [3.05, 3.63) is 23.0 Å². The molecule has 0 bridgehead atoms. The molecule has 0 saturated carbocycles. The third-order valence-corrected chi connectivity index (χ3v) is 3.09. The molecule has 2 heterocycles. The number of nitrogens with zero attached hydrogens (tertiary/aromatic N) is 2. The fourth-order valence-corrected chi connectivity index (χ4v) is 2.23. The Morgan fingerprint density at radius 2 is 2.11 bits per heavy atom. The number of morpholine rings is 1. The monoisotopic (exact) mass is 270 g/mol. The second kappa shape index (κ2) is 5.12. The molecule has 2 atom stereocenters. The minimum absolute atomic E-state index is 0.0104. The number of ether oxygens (including phenoxy) is 1. The number of aromatic nitrogens is 1. The number of amides is 1. The van der Waals surface area contributed by atoms with Crippen molar-refractivity contribution in [3.8, 4) is 5.75 Å². The summed E-state index contributed by atoms with van der Waals surface area (Å²) in [5, 5.41) is 9.88. The average Bonchev–Trinajstić information content (AvgIpc) is 2.30. The van der Waals surface area contributed by atoms with Crippen LogP contribution in [-0.2, 0) is 4.74 Å². The normalized spacial score (nSPS) is 24.1. The molecule has 98 valence electrons. The number of halogens is 1. The molecule has 1 saturated heterocycles. The van der Waals surface area contributed by atoms with Crippen LogP contribution >= 0.6 is 11.6 Å².